The summed E-state index contributed by atoms with van der Waals surface area (Å²) in [7, 11) is 0. The van der Waals surface area contributed by atoms with E-state index in [1.807, 2.05) is 24.4 Å². The van der Waals surface area contributed by atoms with Gasteiger partial charge in [-0.25, -0.2) is 0 Å². The van der Waals surface area contributed by atoms with E-state index < -0.39 is 0 Å². The number of aryl methyl sites for hydroxylation is 1. The third-order valence-electron chi connectivity index (χ3n) is 2.97. The highest BCUT2D eigenvalue weighted by Crippen LogP contribution is 2.07. The van der Waals surface area contributed by atoms with Gasteiger partial charge >= 0.3 is 0 Å². The molecule has 0 saturated heterocycles. The summed E-state index contributed by atoms with van der Waals surface area (Å²) in [5.41, 5.74) is 2.56. The highest BCUT2D eigenvalue weighted by Gasteiger charge is 1.99. The topological polar surface area (TPSA) is 12.4 Å². The summed E-state index contributed by atoms with van der Waals surface area (Å²) >= 11 is 0. The number of rotatable bonds is 5. The smallest absolute Gasteiger partial charge is 0.0474 e. The lowest BCUT2D eigenvalue weighted by Crippen LogP contribution is -2.01. The molecule has 0 aliphatic rings. The lowest BCUT2D eigenvalue weighted by Gasteiger charge is -2.06. The second-order valence-electron chi connectivity index (χ2n) is 4.56. The molecular formula is C17H19N. The van der Waals surface area contributed by atoms with E-state index >= 15 is 0 Å². The largest absolute Gasteiger partial charge is 0.290 e. The molecule has 0 heterocycles. The molecule has 2 aromatic rings. The van der Waals surface area contributed by atoms with Crippen LogP contribution in [0.5, 0.6) is 0 Å². The molecule has 0 bridgehead atoms. The Kier molecular flexibility index (Phi) is 4.71. The lowest BCUT2D eigenvalue weighted by atomic mass is 10.1. The Hall–Kier alpha value is -1.89. The molecule has 92 valence electrons. The van der Waals surface area contributed by atoms with Crippen LogP contribution in [0, 0.1) is 0 Å². The van der Waals surface area contributed by atoms with Crippen LogP contribution in [0.25, 0.3) is 0 Å². The van der Waals surface area contributed by atoms with Gasteiger partial charge in [-0.2, -0.15) is 0 Å². The minimum Gasteiger partial charge on any atom is -0.290 e. The Bertz CT molecular complexity index is 473. The first-order chi connectivity index (χ1) is 8.84. The van der Waals surface area contributed by atoms with E-state index in [0.717, 1.165) is 12.8 Å². The molecule has 0 fully saturated rings. The van der Waals surface area contributed by atoms with E-state index in [9.17, 15) is 0 Å². The van der Waals surface area contributed by atoms with Gasteiger partial charge in [0.25, 0.3) is 0 Å². The second-order valence-corrected chi connectivity index (χ2v) is 4.56. The van der Waals surface area contributed by atoms with Crippen molar-refractivity contribution in [2.24, 2.45) is 4.99 Å². The fourth-order valence-corrected chi connectivity index (χ4v) is 1.85. The van der Waals surface area contributed by atoms with Gasteiger partial charge in [-0.1, -0.05) is 60.7 Å². The zero-order valence-electron chi connectivity index (χ0n) is 10.8. The van der Waals surface area contributed by atoms with Crippen molar-refractivity contribution in [1.82, 2.24) is 0 Å². The van der Waals surface area contributed by atoms with E-state index in [1.165, 1.54) is 11.1 Å². The SMILES string of the molecule is CC(CCc1ccccc1)/N=C\c1ccccc1. The molecular weight excluding hydrogens is 218 g/mol. The zero-order chi connectivity index (χ0) is 12.6. The summed E-state index contributed by atoms with van der Waals surface area (Å²) in [6.45, 7) is 2.17. The molecule has 1 heteroatoms. The molecule has 0 saturated carbocycles. The average Bonchev–Trinajstić information content (AvgIpc) is 2.45. The summed E-state index contributed by atoms with van der Waals surface area (Å²) in [4.78, 5) is 4.58. The number of aliphatic imine (C=N–C) groups is 1. The van der Waals surface area contributed by atoms with Gasteiger partial charge in [-0.15, -0.1) is 0 Å². The third-order valence-corrected chi connectivity index (χ3v) is 2.97. The van der Waals surface area contributed by atoms with Crippen LogP contribution >= 0.6 is 0 Å². The monoisotopic (exact) mass is 237 g/mol. The fourth-order valence-electron chi connectivity index (χ4n) is 1.85. The lowest BCUT2D eigenvalue weighted by molar-refractivity contribution is 0.671. The van der Waals surface area contributed by atoms with Crippen molar-refractivity contribution in [3.05, 3.63) is 71.8 Å². The van der Waals surface area contributed by atoms with Crippen molar-refractivity contribution >= 4 is 6.21 Å². The number of hydrogen-bond acceptors (Lipinski definition) is 1. The summed E-state index contributed by atoms with van der Waals surface area (Å²) in [6.07, 6.45) is 4.15. The predicted molar refractivity (Wildman–Crippen MR) is 78.3 cm³/mol. The van der Waals surface area contributed by atoms with Crippen LogP contribution in [0.2, 0.25) is 0 Å². The average molecular weight is 237 g/mol. The van der Waals surface area contributed by atoms with Crippen LogP contribution in [0.1, 0.15) is 24.5 Å². The third kappa shape index (κ3) is 4.17. The Balaban J connectivity index is 1.82. The molecule has 0 amide bonds. The highest BCUT2D eigenvalue weighted by atomic mass is 14.7. The second kappa shape index (κ2) is 6.75. The van der Waals surface area contributed by atoms with Gasteiger partial charge in [0, 0.05) is 12.3 Å². The quantitative estimate of drug-likeness (QED) is 0.693. The summed E-state index contributed by atoms with van der Waals surface area (Å²) < 4.78 is 0. The predicted octanol–water partition coefficient (Wildman–Crippen LogP) is 4.13. The molecule has 0 N–H and O–H groups in total. The van der Waals surface area contributed by atoms with E-state index in [4.69, 9.17) is 0 Å². The van der Waals surface area contributed by atoms with Crippen molar-refractivity contribution < 1.29 is 0 Å². The van der Waals surface area contributed by atoms with Gasteiger partial charge in [0.15, 0.2) is 0 Å². The van der Waals surface area contributed by atoms with Crippen molar-refractivity contribution in [2.75, 3.05) is 0 Å². The van der Waals surface area contributed by atoms with Gasteiger partial charge < -0.3 is 0 Å². The van der Waals surface area contributed by atoms with Crippen molar-refractivity contribution in [3.63, 3.8) is 0 Å². The van der Waals surface area contributed by atoms with Crippen LogP contribution in [-0.4, -0.2) is 12.3 Å². The maximum Gasteiger partial charge on any atom is 0.0474 e. The number of benzene rings is 2. The molecule has 2 rings (SSSR count). The van der Waals surface area contributed by atoms with Crippen LogP contribution in [0.15, 0.2) is 65.7 Å². The minimum atomic E-state index is 0.366. The first-order valence-corrected chi connectivity index (χ1v) is 6.47. The van der Waals surface area contributed by atoms with Crippen LogP contribution in [0.4, 0.5) is 0 Å². The van der Waals surface area contributed by atoms with Gasteiger partial charge in [0.1, 0.15) is 0 Å². The van der Waals surface area contributed by atoms with Gasteiger partial charge in [-0.3, -0.25) is 4.99 Å². The van der Waals surface area contributed by atoms with E-state index in [2.05, 4.69) is 54.4 Å². The molecule has 0 aromatic heterocycles. The fraction of sp³-hybridized carbons (Fsp3) is 0.235. The molecule has 2 aromatic carbocycles. The van der Waals surface area contributed by atoms with E-state index in [-0.39, 0.29) is 0 Å². The minimum absolute atomic E-state index is 0.366. The Morgan fingerprint density at radius 3 is 2.22 bits per heavy atom. The first-order valence-electron chi connectivity index (χ1n) is 6.47. The van der Waals surface area contributed by atoms with E-state index in [1.54, 1.807) is 0 Å². The van der Waals surface area contributed by atoms with Crippen LogP contribution in [-0.2, 0) is 6.42 Å². The Labute approximate surface area is 109 Å². The summed E-state index contributed by atoms with van der Waals surface area (Å²) in [5, 5.41) is 0. The maximum atomic E-state index is 4.58. The van der Waals surface area contributed by atoms with Gasteiger partial charge in [-0.05, 0) is 30.9 Å². The first kappa shape index (κ1) is 12.6. The molecule has 18 heavy (non-hydrogen) atoms. The van der Waals surface area contributed by atoms with Crippen molar-refractivity contribution in [3.8, 4) is 0 Å². The number of hydrogen-bond donors (Lipinski definition) is 0. The van der Waals surface area contributed by atoms with Gasteiger partial charge in [0.05, 0.1) is 0 Å². The van der Waals surface area contributed by atoms with Crippen LogP contribution in [0.3, 0.4) is 0 Å². The number of nitrogens with zero attached hydrogens (tertiary/aromatic N) is 1. The van der Waals surface area contributed by atoms with Crippen molar-refractivity contribution in [1.29, 1.82) is 0 Å². The molecule has 1 nitrogen and oxygen atoms in total. The van der Waals surface area contributed by atoms with E-state index in [0.29, 0.717) is 6.04 Å². The summed E-state index contributed by atoms with van der Waals surface area (Å²) in [5.74, 6) is 0. The molecule has 0 spiro atoms. The maximum absolute atomic E-state index is 4.58. The van der Waals surface area contributed by atoms with Crippen LogP contribution < -0.4 is 0 Å². The standard InChI is InChI=1S/C17H19N/c1-15(12-13-16-8-4-2-5-9-16)18-14-17-10-6-3-7-11-17/h2-11,14-15H,12-13H2,1H3/b18-14-. The highest BCUT2D eigenvalue weighted by molar-refractivity contribution is 5.79. The molecule has 1 unspecified atom stereocenters. The van der Waals surface area contributed by atoms with Crippen molar-refractivity contribution in [2.45, 2.75) is 25.8 Å². The molecule has 0 aliphatic heterocycles. The Morgan fingerprint density at radius 2 is 1.56 bits per heavy atom. The molecule has 0 radical (unpaired) electrons. The molecule has 1 atom stereocenters. The van der Waals surface area contributed by atoms with Gasteiger partial charge in [0.2, 0.25) is 0 Å². The normalized spacial score (nSPS) is 12.7. The summed E-state index contributed by atoms with van der Waals surface area (Å²) in [6, 6.07) is 21.2. The molecule has 0 aliphatic carbocycles. The zero-order valence-corrected chi connectivity index (χ0v) is 10.8. The Morgan fingerprint density at radius 1 is 0.944 bits per heavy atom.